The smallest absolute Gasteiger partial charge is 0.252 e. The molecule has 242 valence electrons. The number of aldehydes is 1. The van der Waals surface area contributed by atoms with Crippen LogP contribution in [0.15, 0.2) is 59.0 Å². The van der Waals surface area contributed by atoms with Crippen molar-refractivity contribution in [2.75, 3.05) is 26.6 Å². The normalized spacial score (nSPS) is 22.0. The van der Waals surface area contributed by atoms with Gasteiger partial charge in [0, 0.05) is 23.2 Å². The second-order valence-electron chi connectivity index (χ2n) is 12.1. The molecule has 3 N–H and O–H groups in total. The zero-order chi connectivity index (χ0) is 33.0. The van der Waals surface area contributed by atoms with Crippen molar-refractivity contribution in [3.8, 4) is 23.0 Å². The third-order valence-corrected chi connectivity index (χ3v) is 9.10. The average molecular weight is 639 g/mol. The molecule has 0 saturated carbocycles. The van der Waals surface area contributed by atoms with E-state index in [9.17, 15) is 14.4 Å². The van der Waals surface area contributed by atoms with Gasteiger partial charge >= 0.3 is 0 Å². The molecule has 1 spiro atoms. The molecule has 0 radical (unpaired) electrons. The SMILES string of the molecule is COc1cc(C(=O)N[C@H]2Cc3ccc4c(c3)C3(c5ccccc5NC3O4)c3oc(nc3C=O)[C@H](C(C)C)NC2=O)cc(OC)c1OC. The van der Waals surface area contributed by atoms with Gasteiger partial charge in [0.05, 0.1) is 21.3 Å². The summed E-state index contributed by atoms with van der Waals surface area (Å²) in [5.41, 5.74) is 2.54. The standard InChI is InChI=1S/C35H34N4O8/c1-17(2)28-33-37-24(16-40)30(47-33)35-20-8-6-7-9-22(20)38-34(35)46-25-11-10-18(12-21(25)35)13-23(32(42)39-28)36-31(41)19-14-26(43-3)29(45-5)27(15-19)44-4/h6-12,14-17,23,28,34,38H,13H2,1-5H3,(H,36,41)(H,39,42)/t23-,28-,34?,35?/m0/s1. The fourth-order valence-electron chi connectivity index (χ4n) is 6.86. The number of carbonyl (C=O) groups excluding carboxylic acids is 3. The van der Waals surface area contributed by atoms with Crippen molar-refractivity contribution >= 4 is 23.8 Å². The van der Waals surface area contributed by atoms with Crippen LogP contribution in [0.5, 0.6) is 23.0 Å². The summed E-state index contributed by atoms with van der Waals surface area (Å²) in [7, 11) is 4.40. The van der Waals surface area contributed by atoms with E-state index in [1.807, 2.05) is 56.3 Å². The Kier molecular flexibility index (Phi) is 7.30. The molecule has 4 atom stereocenters. The van der Waals surface area contributed by atoms with E-state index < -0.39 is 35.5 Å². The third kappa shape index (κ3) is 4.57. The van der Waals surface area contributed by atoms with E-state index in [2.05, 4.69) is 20.9 Å². The van der Waals surface area contributed by atoms with Gasteiger partial charge in [-0.15, -0.1) is 0 Å². The van der Waals surface area contributed by atoms with Gasteiger partial charge in [-0.2, -0.15) is 0 Å². The van der Waals surface area contributed by atoms with Crippen molar-refractivity contribution < 1.29 is 37.7 Å². The lowest BCUT2D eigenvalue weighted by atomic mass is 9.72. The highest BCUT2D eigenvalue weighted by molar-refractivity contribution is 5.99. The summed E-state index contributed by atoms with van der Waals surface area (Å²) in [5.74, 6) is 0.917. The fourth-order valence-corrected chi connectivity index (χ4v) is 6.86. The molecule has 4 heterocycles. The number of aromatic nitrogens is 1. The first-order valence-corrected chi connectivity index (χ1v) is 15.3. The molecule has 3 aliphatic heterocycles. The Morgan fingerprint density at radius 3 is 2.45 bits per heavy atom. The topological polar surface area (TPSA) is 150 Å². The van der Waals surface area contributed by atoms with Crippen LogP contribution in [0, 0.1) is 5.92 Å². The molecule has 0 aliphatic carbocycles. The predicted octanol–water partition coefficient (Wildman–Crippen LogP) is 4.16. The molecular formula is C35H34N4O8. The molecule has 12 heteroatoms. The highest BCUT2D eigenvalue weighted by Gasteiger charge is 2.60. The van der Waals surface area contributed by atoms with Crippen LogP contribution in [0.4, 0.5) is 5.69 Å². The van der Waals surface area contributed by atoms with Crippen LogP contribution in [0.3, 0.4) is 0 Å². The van der Waals surface area contributed by atoms with E-state index in [-0.39, 0.29) is 29.5 Å². The molecule has 0 saturated heterocycles. The summed E-state index contributed by atoms with van der Waals surface area (Å²) in [4.78, 5) is 45.0. The van der Waals surface area contributed by atoms with E-state index >= 15 is 0 Å². The first-order valence-electron chi connectivity index (χ1n) is 15.3. The number of ether oxygens (including phenoxy) is 4. The molecule has 47 heavy (non-hydrogen) atoms. The maximum Gasteiger partial charge on any atom is 0.252 e. The van der Waals surface area contributed by atoms with Gasteiger partial charge in [-0.05, 0) is 41.3 Å². The summed E-state index contributed by atoms with van der Waals surface area (Å²) in [6.45, 7) is 3.83. The Balaban J connectivity index is 1.37. The van der Waals surface area contributed by atoms with Gasteiger partial charge in [-0.1, -0.05) is 44.2 Å². The van der Waals surface area contributed by atoms with Crippen LogP contribution < -0.4 is 34.9 Å². The fraction of sp³-hybridized carbons (Fsp3) is 0.314. The molecule has 2 amide bonds. The molecule has 12 nitrogen and oxygen atoms in total. The lowest BCUT2D eigenvalue weighted by Crippen LogP contribution is -2.49. The number of methoxy groups -OCH3 is 3. The summed E-state index contributed by atoms with van der Waals surface area (Å²) in [6.07, 6.45) is 0.217. The third-order valence-electron chi connectivity index (χ3n) is 9.10. The molecule has 4 bridgehead atoms. The number of amides is 2. The average Bonchev–Trinajstić information content (AvgIpc) is 3.74. The van der Waals surface area contributed by atoms with Crippen LogP contribution in [-0.4, -0.2) is 56.7 Å². The molecule has 3 aliphatic rings. The summed E-state index contributed by atoms with van der Waals surface area (Å²) < 4.78 is 29.3. The Bertz CT molecular complexity index is 1890. The molecule has 7 rings (SSSR count). The van der Waals surface area contributed by atoms with E-state index in [0.29, 0.717) is 35.0 Å². The second kappa shape index (κ2) is 11.4. The van der Waals surface area contributed by atoms with Crippen molar-refractivity contribution in [3.63, 3.8) is 0 Å². The van der Waals surface area contributed by atoms with Gasteiger partial charge in [0.2, 0.25) is 17.5 Å². The number of carbonyl (C=O) groups is 3. The first-order chi connectivity index (χ1) is 22.7. The minimum absolute atomic E-state index is 0.122. The molecule has 3 aromatic carbocycles. The number of benzene rings is 3. The Morgan fingerprint density at radius 1 is 1.02 bits per heavy atom. The van der Waals surface area contributed by atoms with Gasteiger partial charge in [0.15, 0.2) is 29.8 Å². The monoisotopic (exact) mass is 638 g/mol. The highest BCUT2D eigenvalue weighted by Crippen LogP contribution is 2.58. The van der Waals surface area contributed by atoms with Crippen LogP contribution in [0.2, 0.25) is 0 Å². The van der Waals surface area contributed by atoms with Gasteiger partial charge < -0.3 is 39.3 Å². The van der Waals surface area contributed by atoms with Crippen molar-refractivity contribution in [1.82, 2.24) is 15.6 Å². The maximum absolute atomic E-state index is 14.0. The quantitative estimate of drug-likeness (QED) is 0.252. The Hall–Kier alpha value is -5.52. The van der Waals surface area contributed by atoms with Crippen LogP contribution in [0.25, 0.3) is 0 Å². The first kappa shape index (κ1) is 30.2. The number of para-hydroxylation sites is 1. The van der Waals surface area contributed by atoms with E-state index in [1.54, 1.807) is 0 Å². The maximum atomic E-state index is 14.0. The lowest BCUT2D eigenvalue weighted by Gasteiger charge is -2.28. The Labute approximate surface area is 270 Å². The Morgan fingerprint density at radius 2 is 1.77 bits per heavy atom. The number of hydrogen-bond donors (Lipinski definition) is 3. The van der Waals surface area contributed by atoms with Crippen molar-refractivity contribution in [1.29, 1.82) is 0 Å². The molecular weight excluding hydrogens is 604 g/mol. The second-order valence-corrected chi connectivity index (χ2v) is 12.1. The number of hydrogen-bond acceptors (Lipinski definition) is 10. The van der Waals surface area contributed by atoms with Crippen molar-refractivity contribution in [2.45, 2.75) is 44.0 Å². The predicted molar refractivity (Wildman–Crippen MR) is 169 cm³/mol. The number of nitrogens with zero attached hydrogens (tertiary/aromatic N) is 1. The molecule has 2 unspecified atom stereocenters. The van der Waals surface area contributed by atoms with Gasteiger partial charge in [0.1, 0.15) is 28.9 Å². The minimum atomic E-state index is -1.04. The number of fused-ring (bicyclic) bond motifs is 4. The summed E-state index contributed by atoms with van der Waals surface area (Å²) in [6, 6.07) is 14.8. The summed E-state index contributed by atoms with van der Waals surface area (Å²) in [5, 5.41) is 9.42. The van der Waals surface area contributed by atoms with E-state index in [1.165, 1.54) is 33.5 Å². The summed E-state index contributed by atoms with van der Waals surface area (Å²) >= 11 is 0. The van der Waals surface area contributed by atoms with Crippen molar-refractivity contribution in [2.24, 2.45) is 5.92 Å². The molecule has 0 fully saturated rings. The van der Waals surface area contributed by atoms with E-state index in [0.717, 1.165) is 22.4 Å². The lowest BCUT2D eigenvalue weighted by molar-refractivity contribution is -0.124. The van der Waals surface area contributed by atoms with Crippen LogP contribution in [0.1, 0.15) is 69.1 Å². The zero-order valence-corrected chi connectivity index (χ0v) is 26.5. The minimum Gasteiger partial charge on any atom is -0.493 e. The van der Waals surface area contributed by atoms with Gasteiger partial charge in [0.25, 0.3) is 5.91 Å². The van der Waals surface area contributed by atoms with E-state index in [4.69, 9.17) is 23.4 Å². The number of nitrogens with one attached hydrogen (secondary N) is 3. The van der Waals surface area contributed by atoms with Gasteiger partial charge in [-0.3, -0.25) is 14.4 Å². The van der Waals surface area contributed by atoms with Crippen LogP contribution >= 0.6 is 0 Å². The van der Waals surface area contributed by atoms with Gasteiger partial charge in [-0.25, -0.2) is 4.98 Å². The highest BCUT2D eigenvalue weighted by atomic mass is 16.5. The van der Waals surface area contributed by atoms with Crippen molar-refractivity contribution in [3.05, 3.63) is 94.2 Å². The number of anilines is 1. The number of rotatable bonds is 7. The number of oxazole rings is 1. The van der Waals surface area contributed by atoms with Crippen LogP contribution in [-0.2, 0) is 16.6 Å². The molecule has 4 aromatic rings. The zero-order valence-electron chi connectivity index (χ0n) is 26.5. The molecule has 1 aromatic heterocycles. The largest absolute Gasteiger partial charge is 0.493 e.